The summed E-state index contributed by atoms with van der Waals surface area (Å²) in [7, 11) is 0. The lowest BCUT2D eigenvalue weighted by atomic mass is 10.3. The highest BCUT2D eigenvalue weighted by atomic mass is 32.1. The van der Waals surface area contributed by atoms with Gasteiger partial charge in [0.05, 0.1) is 6.61 Å². The molecule has 0 unspecified atom stereocenters. The van der Waals surface area contributed by atoms with Crippen molar-refractivity contribution in [2.24, 2.45) is 0 Å². The second-order valence-corrected chi connectivity index (χ2v) is 5.43. The lowest BCUT2D eigenvalue weighted by Gasteiger charge is -2.33. The van der Waals surface area contributed by atoms with E-state index in [9.17, 15) is 9.59 Å². The van der Waals surface area contributed by atoms with Gasteiger partial charge < -0.3 is 15.3 Å². The van der Waals surface area contributed by atoms with Crippen molar-refractivity contribution in [1.82, 2.24) is 14.8 Å². The molecule has 1 saturated heterocycles. The van der Waals surface area contributed by atoms with Gasteiger partial charge in [0.2, 0.25) is 5.91 Å². The third-order valence-corrected chi connectivity index (χ3v) is 3.84. The van der Waals surface area contributed by atoms with Crippen LogP contribution in [0.25, 0.3) is 0 Å². The van der Waals surface area contributed by atoms with Gasteiger partial charge in [-0.3, -0.25) is 14.5 Å². The Bertz CT molecular complexity index is 483. The molecule has 1 aliphatic rings. The lowest BCUT2D eigenvalue weighted by molar-refractivity contribution is -0.114. The zero-order valence-corrected chi connectivity index (χ0v) is 12.2. The average molecular weight is 298 g/mol. The minimum Gasteiger partial charge on any atom is -0.395 e. The molecule has 2 amide bonds. The first-order valence-electron chi connectivity index (χ1n) is 6.45. The van der Waals surface area contributed by atoms with Gasteiger partial charge in [0.1, 0.15) is 5.69 Å². The number of aromatic nitrogens is 1. The third-order valence-electron chi connectivity index (χ3n) is 3.08. The average Bonchev–Trinajstić information content (AvgIpc) is 2.87. The lowest BCUT2D eigenvalue weighted by Crippen LogP contribution is -2.49. The number of hydrogen-bond acceptors (Lipinski definition) is 6. The number of rotatable bonds is 4. The zero-order chi connectivity index (χ0) is 14.5. The Morgan fingerprint density at radius 2 is 2.10 bits per heavy atom. The number of aliphatic hydroxyl groups excluding tert-OH is 1. The van der Waals surface area contributed by atoms with Crippen molar-refractivity contribution in [3.8, 4) is 0 Å². The molecule has 2 N–H and O–H groups in total. The first-order chi connectivity index (χ1) is 9.60. The number of β-amino-alcohol motifs (C(OH)–C–C–N with tert-alkyl or cyclic N) is 1. The number of hydrogen-bond donors (Lipinski definition) is 2. The monoisotopic (exact) mass is 298 g/mol. The summed E-state index contributed by atoms with van der Waals surface area (Å²) in [5.41, 5.74) is 0.370. The number of carbonyl (C=O) groups is 2. The molecule has 110 valence electrons. The molecule has 1 aliphatic heterocycles. The summed E-state index contributed by atoms with van der Waals surface area (Å²) in [6.07, 6.45) is 0. The van der Waals surface area contributed by atoms with Crippen LogP contribution in [-0.4, -0.2) is 71.0 Å². The quantitative estimate of drug-likeness (QED) is 0.807. The van der Waals surface area contributed by atoms with Gasteiger partial charge in [0.25, 0.3) is 5.91 Å². The Morgan fingerprint density at radius 3 is 2.70 bits per heavy atom. The summed E-state index contributed by atoms with van der Waals surface area (Å²) < 4.78 is 0. The molecular formula is C12H18N4O3S. The highest BCUT2D eigenvalue weighted by molar-refractivity contribution is 7.14. The van der Waals surface area contributed by atoms with E-state index in [0.29, 0.717) is 30.5 Å². The molecule has 0 spiro atoms. The molecular weight excluding hydrogens is 280 g/mol. The van der Waals surface area contributed by atoms with Crippen molar-refractivity contribution in [1.29, 1.82) is 0 Å². The number of thiazole rings is 1. The Hall–Kier alpha value is -1.51. The van der Waals surface area contributed by atoms with Crippen molar-refractivity contribution in [3.05, 3.63) is 11.1 Å². The van der Waals surface area contributed by atoms with Crippen LogP contribution in [0.1, 0.15) is 17.4 Å². The summed E-state index contributed by atoms with van der Waals surface area (Å²) in [6, 6.07) is 0. The SMILES string of the molecule is CC(=O)Nc1nc(C(=O)N2CCN(CCO)CC2)cs1. The largest absolute Gasteiger partial charge is 0.395 e. The van der Waals surface area contributed by atoms with Crippen LogP contribution in [0.3, 0.4) is 0 Å². The number of carbonyl (C=O) groups excluding carboxylic acids is 2. The topological polar surface area (TPSA) is 85.8 Å². The first kappa shape index (κ1) is 14.9. The molecule has 0 aliphatic carbocycles. The number of amides is 2. The fourth-order valence-electron chi connectivity index (χ4n) is 2.06. The van der Waals surface area contributed by atoms with Crippen LogP contribution < -0.4 is 5.32 Å². The van der Waals surface area contributed by atoms with Gasteiger partial charge in [0, 0.05) is 45.0 Å². The summed E-state index contributed by atoms with van der Waals surface area (Å²) in [5.74, 6) is -0.308. The Labute approximate surface area is 121 Å². The number of anilines is 1. The molecule has 1 aromatic heterocycles. The van der Waals surface area contributed by atoms with Crippen LogP contribution in [0.15, 0.2) is 5.38 Å². The van der Waals surface area contributed by atoms with E-state index >= 15 is 0 Å². The van der Waals surface area contributed by atoms with E-state index in [1.807, 2.05) is 0 Å². The van der Waals surface area contributed by atoms with Gasteiger partial charge in [-0.2, -0.15) is 0 Å². The van der Waals surface area contributed by atoms with Crippen molar-refractivity contribution in [2.45, 2.75) is 6.92 Å². The predicted molar refractivity (Wildman–Crippen MR) is 75.8 cm³/mol. The normalized spacial score (nSPS) is 16.2. The summed E-state index contributed by atoms with van der Waals surface area (Å²) in [6.45, 7) is 4.97. The molecule has 1 fully saturated rings. The molecule has 2 heterocycles. The van der Waals surface area contributed by atoms with Gasteiger partial charge in [-0.25, -0.2) is 4.98 Å². The smallest absolute Gasteiger partial charge is 0.273 e. The number of piperazine rings is 1. The van der Waals surface area contributed by atoms with Crippen LogP contribution in [0.2, 0.25) is 0 Å². The van der Waals surface area contributed by atoms with Gasteiger partial charge >= 0.3 is 0 Å². The molecule has 0 bridgehead atoms. The van der Waals surface area contributed by atoms with Gasteiger partial charge in [-0.05, 0) is 0 Å². The van der Waals surface area contributed by atoms with Crippen LogP contribution in [0.5, 0.6) is 0 Å². The molecule has 0 atom stereocenters. The molecule has 1 aromatic rings. The van der Waals surface area contributed by atoms with Crippen molar-refractivity contribution in [3.63, 3.8) is 0 Å². The van der Waals surface area contributed by atoms with Crippen LogP contribution in [0, 0.1) is 0 Å². The van der Waals surface area contributed by atoms with Gasteiger partial charge in [-0.1, -0.05) is 0 Å². The second-order valence-electron chi connectivity index (χ2n) is 4.58. The molecule has 0 radical (unpaired) electrons. The standard InChI is InChI=1S/C12H18N4O3S/c1-9(18)13-12-14-10(8-20-12)11(19)16-4-2-15(3-5-16)6-7-17/h8,17H,2-7H2,1H3,(H,13,14,18). The predicted octanol–water partition coefficient (Wildman–Crippen LogP) is -0.148. The molecule has 7 nitrogen and oxygen atoms in total. The number of nitrogens with zero attached hydrogens (tertiary/aromatic N) is 3. The molecule has 0 saturated carbocycles. The van der Waals surface area contributed by atoms with E-state index in [4.69, 9.17) is 5.11 Å². The summed E-state index contributed by atoms with van der Waals surface area (Å²) >= 11 is 1.24. The van der Waals surface area contributed by atoms with Crippen molar-refractivity contribution < 1.29 is 14.7 Å². The Morgan fingerprint density at radius 1 is 1.40 bits per heavy atom. The van der Waals surface area contributed by atoms with E-state index in [0.717, 1.165) is 13.1 Å². The molecule has 0 aromatic carbocycles. The Kier molecular flexibility index (Phi) is 5.05. The van der Waals surface area contributed by atoms with Crippen molar-refractivity contribution in [2.75, 3.05) is 44.6 Å². The third kappa shape index (κ3) is 3.75. The van der Waals surface area contributed by atoms with E-state index in [-0.39, 0.29) is 18.4 Å². The van der Waals surface area contributed by atoms with Crippen molar-refractivity contribution >= 4 is 28.3 Å². The van der Waals surface area contributed by atoms with Crippen LogP contribution >= 0.6 is 11.3 Å². The van der Waals surface area contributed by atoms with E-state index in [1.54, 1.807) is 10.3 Å². The maximum absolute atomic E-state index is 12.3. The van der Waals surface area contributed by atoms with Gasteiger partial charge in [-0.15, -0.1) is 11.3 Å². The fraction of sp³-hybridized carbons (Fsp3) is 0.583. The summed E-state index contributed by atoms with van der Waals surface area (Å²) in [4.78, 5) is 31.2. The first-order valence-corrected chi connectivity index (χ1v) is 7.33. The molecule has 8 heteroatoms. The van der Waals surface area contributed by atoms with Gasteiger partial charge in [0.15, 0.2) is 5.13 Å². The molecule has 2 rings (SSSR count). The Balaban J connectivity index is 1.91. The van der Waals surface area contributed by atoms with E-state index in [2.05, 4.69) is 15.2 Å². The number of nitrogens with one attached hydrogen (secondary N) is 1. The minimum atomic E-state index is -0.198. The van der Waals surface area contributed by atoms with Crippen LogP contribution in [-0.2, 0) is 4.79 Å². The number of aliphatic hydroxyl groups is 1. The summed E-state index contributed by atoms with van der Waals surface area (Å²) in [5, 5.41) is 13.6. The highest BCUT2D eigenvalue weighted by Gasteiger charge is 2.23. The highest BCUT2D eigenvalue weighted by Crippen LogP contribution is 2.17. The molecule has 20 heavy (non-hydrogen) atoms. The maximum Gasteiger partial charge on any atom is 0.273 e. The second kappa shape index (κ2) is 6.78. The zero-order valence-electron chi connectivity index (χ0n) is 11.3. The fourth-order valence-corrected chi connectivity index (χ4v) is 2.79. The van der Waals surface area contributed by atoms with Crippen LogP contribution in [0.4, 0.5) is 5.13 Å². The maximum atomic E-state index is 12.3. The minimum absolute atomic E-state index is 0.110. The van der Waals surface area contributed by atoms with E-state index < -0.39 is 0 Å². The van der Waals surface area contributed by atoms with E-state index in [1.165, 1.54) is 18.3 Å².